The van der Waals surface area contributed by atoms with E-state index in [9.17, 15) is 9.90 Å². The SMILES string of the molecule is CCC(C)(C)C(=O)/C=C(\O)C(C)(C)CC.Cc1[c-]c(-c2ncc(C)c3c(C)cc4cc(C)ccc4c23)cc(C)c1.[Ir]. The molecule has 41 heavy (non-hydrogen) atoms. The van der Waals surface area contributed by atoms with Crippen molar-refractivity contribution >= 4 is 27.3 Å². The minimum Gasteiger partial charge on any atom is -0.512 e. The van der Waals surface area contributed by atoms with E-state index in [2.05, 4.69) is 77.1 Å². The number of hydrogen-bond acceptors (Lipinski definition) is 3. The van der Waals surface area contributed by atoms with Crippen LogP contribution in [-0.2, 0) is 24.9 Å². The summed E-state index contributed by atoms with van der Waals surface area (Å²) < 4.78 is 0. The molecule has 1 heterocycles. The van der Waals surface area contributed by atoms with Crippen LogP contribution >= 0.6 is 0 Å². The number of allylic oxidation sites excluding steroid dienone is 2. The van der Waals surface area contributed by atoms with Crippen LogP contribution in [0.5, 0.6) is 0 Å². The van der Waals surface area contributed by atoms with E-state index < -0.39 is 0 Å². The van der Waals surface area contributed by atoms with E-state index in [1.165, 1.54) is 49.9 Å². The van der Waals surface area contributed by atoms with Gasteiger partial charge in [-0.1, -0.05) is 85.2 Å². The van der Waals surface area contributed by atoms with Crippen LogP contribution < -0.4 is 0 Å². The first-order valence-electron chi connectivity index (χ1n) is 14.4. The fourth-order valence-corrected chi connectivity index (χ4v) is 4.81. The van der Waals surface area contributed by atoms with Crippen LogP contribution in [0.4, 0.5) is 0 Å². The van der Waals surface area contributed by atoms with Crippen LogP contribution in [0.3, 0.4) is 0 Å². The number of carbonyl (C=O) groups is 1. The van der Waals surface area contributed by atoms with Crippen molar-refractivity contribution in [1.82, 2.24) is 4.98 Å². The summed E-state index contributed by atoms with van der Waals surface area (Å²) in [7, 11) is 0. The number of hydrogen-bond donors (Lipinski definition) is 1. The molecule has 4 heteroatoms. The van der Waals surface area contributed by atoms with Gasteiger partial charge in [-0.25, -0.2) is 0 Å². The quantitative estimate of drug-likeness (QED) is 0.0931. The molecule has 0 spiro atoms. The van der Waals surface area contributed by atoms with Gasteiger partial charge in [0, 0.05) is 43.2 Å². The Labute approximate surface area is 260 Å². The van der Waals surface area contributed by atoms with Crippen molar-refractivity contribution in [2.75, 3.05) is 0 Å². The molecule has 0 saturated heterocycles. The predicted molar refractivity (Wildman–Crippen MR) is 171 cm³/mol. The first kappa shape index (κ1) is 34.4. The zero-order chi connectivity index (χ0) is 30.0. The number of rotatable bonds is 6. The number of aromatic nitrogens is 1. The minimum atomic E-state index is -0.377. The van der Waals surface area contributed by atoms with Crippen LogP contribution in [0.15, 0.2) is 54.4 Å². The van der Waals surface area contributed by atoms with Gasteiger partial charge in [-0.3, -0.25) is 4.79 Å². The molecule has 1 N–H and O–H groups in total. The van der Waals surface area contributed by atoms with Crippen molar-refractivity contribution in [2.45, 2.75) is 89.0 Å². The van der Waals surface area contributed by atoms with Crippen molar-refractivity contribution in [2.24, 2.45) is 10.8 Å². The molecule has 0 bridgehead atoms. The summed E-state index contributed by atoms with van der Waals surface area (Å²) in [5, 5.41) is 15.0. The van der Waals surface area contributed by atoms with Gasteiger partial charge >= 0.3 is 0 Å². The number of pyridine rings is 1. The summed E-state index contributed by atoms with van der Waals surface area (Å²) >= 11 is 0. The minimum absolute atomic E-state index is 0. The monoisotopic (exact) mass is 729 g/mol. The summed E-state index contributed by atoms with van der Waals surface area (Å²) in [6.45, 7) is 22.4. The third-order valence-electron chi connectivity index (χ3n) is 8.31. The van der Waals surface area contributed by atoms with Crippen LogP contribution in [0.2, 0.25) is 0 Å². The van der Waals surface area contributed by atoms with Gasteiger partial charge in [0.05, 0.1) is 0 Å². The number of aliphatic hydroxyl groups excluding tert-OH is 1. The maximum atomic E-state index is 11.8. The molecule has 0 saturated carbocycles. The number of ketones is 1. The first-order valence-corrected chi connectivity index (χ1v) is 14.4. The molecule has 221 valence electrons. The van der Waals surface area contributed by atoms with E-state index in [0.717, 1.165) is 29.7 Å². The van der Waals surface area contributed by atoms with Crippen molar-refractivity contribution in [3.63, 3.8) is 0 Å². The maximum Gasteiger partial charge on any atom is 0.164 e. The molecular weight excluding hydrogens is 683 g/mol. The fourth-order valence-electron chi connectivity index (χ4n) is 4.81. The Hall–Kier alpha value is -2.81. The molecule has 4 aromatic rings. The van der Waals surface area contributed by atoms with Gasteiger partial charge < -0.3 is 10.1 Å². The van der Waals surface area contributed by atoms with E-state index in [0.29, 0.717) is 0 Å². The van der Waals surface area contributed by atoms with E-state index in [-0.39, 0.29) is 42.5 Å². The van der Waals surface area contributed by atoms with Gasteiger partial charge in [-0.05, 0) is 72.0 Å². The Morgan fingerprint density at radius 3 is 2.07 bits per heavy atom. The van der Waals surface area contributed by atoms with E-state index in [1.807, 2.05) is 47.7 Å². The van der Waals surface area contributed by atoms with Gasteiger partial charge in [0.2, 0.25) is 0 Å². The van der Waals surface area contributed by atoms with Gasteiger partial charge in [0.15, 0.2) is 5.78 Å². The molecule has 4 rings (SSSR count). The maximum absolute atomic E-state index is 11.8. The van der Waals surface area contributed by atoms with Crippen molar-refractivity contribution in [3.8, 4) is 11.3 Å². The number of aryl methyl sites for hydroxylation is 5. The van der Waals surface area contributed by atoms with Crippen LogP contribution in [0.1, 0.15) is 82.2 Å². The Bertz CT molecular complexity index is 1570. The smallest absolute Gasteiger partial charge is 0.164 e. The van der Waals surface area contributed by atoms with Crippen LogP contribution in [0, 0.1) is 51.5 Å². The average molecular weight is 729 g/mol. The van der Waals surface area contributed by atoms with Gasteiger partial charge in [-0.15, -0.1) is 34.9 Å². The van der Waals surface area contributed by atoms with Crippen LogP contribution in [0.25, 0.3) is 32.8 Å². The van der Waals surface area contributed by atoms with E-state index in [4.69, 9.17) is 4.98 Å². The second-order valence-corrected chi connectivity index (χ2v) is 12.6. The van der Waals surface area contributed by atoms with Crippen molar-refractivity contribution < 1.29 is 30.0 Å². The predicted octanol–water partition coefficient (Wildman–Crippen LogP) is 10.3. The topological polar surface area (TPSA) is 50.2 Å². The normalized spacial score (nSPS) is 12.1. The molecule has 1 radical (unpaired) electrons. The molecule has 0 aliphatic carbocycles. The molecule has 0 aliphatic rings. The molecule has 0 fully saturated rings. The molecule has 3 nitrogen and oxygen atoms in total. The van der Waals surface area contributed by atoms with E-state index >= 15 is 0 Å². The summed E-state index contributed by atoms with van der Waals surface area (Å²) in [6.07, 6.45) is 4.99. The Balaban J connectivity index is 0.000000320. The van der Waals surface area contributed by atoms with E-state index in [1.54, 1.807) is 0 Å². The number of benzene rings is 3. The van der Waals surface area contributed by atoms with Gasteiger partial charge in [0.1, 0.15) is 5.76 Å². The zero-order valence-electron chi connectivity index (χ0n) is 26.7. The Kier molecular flexibility index (Phi) is 11.3. The second-order valence-electron chi connectivity index (χ2n) is 12.6. The summed E-state index contributed by atoms with van der Waals surface area (Å²) in [4.78, 5) is 16.7. The average Bonchev–Trinajstić information content (AvgIpc) is 2.88. The zero-order valence-corrected chi connectivity index (χ0v) is 29.1. The third-order valence-corrected chi connectivity index (χ3v) is 8.31. The summed E-state index contributed by atoms with van der Waals surface area (Å²) in [6, 6.07) is 16.8. The number of aliphatic hydroxyl groups is 1. The molecule has 0 atom stereocenters. The number of fused-ring (bicyclic) bond motifs is 3. The first-order chi connectivity index (χ1) is 18.6. The summed E-state index contributed by atoms with van der Waals surface area (Å²) in [5.41, 5.74) is 7.64. The molecule has 1 aromatic heterocycles. The standard InChI is InChI=1S/C24H22N.C13H24O2.Ir/c1-14-6-7-21-19(9-14)12-17(4)22-18(5)13-25-24(23(21)22)20-10-15(2)8-16(3)11-20;1-7-12(3,4)10(14)9-11(15)13(5,6)8-2;/h6-10,12-13H,1-5H3;9,14H,7-8H2,1-6H3;/q-1;;/b;10-9-;. The van der Waals surface area contributed by atoms with Gasteiger partial charge in [0.25, 0.3) is 0 Å². The fraction of sp³-hybridized carbons (Fsp3) is 0.405. The Morgan fingerprint density at radius 1 is 0.854 bits per heavy atom. The third kappa shape index (κ3) is 7.73. The van der Waals surface area contributed by atoms with Crippen molar-refractivity contribution in [1.29, 1.82) is 0 Å². The van der Waals surface area contributed by atoms with Crippen LogP contribution in [-0.4, -0.2) is 15.9 Å². The molecule has 0 amide bonds. The molecule has 0 unspecified atom stereocenters. The molecule has 0 aliphatic heterocycles. The molecule has 3 aromatic carbocycles. The molecular formula is C37H46IrNO2-. The van der Waals surface area contributed by atoms with Gasteiger partial charge in [-0.2, -0.15) is 0 Å². The number of nitrogens with zero attached hydrogens (tertiary/aromatic N) is 1. The van der Waals surface area contributed by atoms with Crippen molar-refractivity contribution in [3.05, 3.63) is 88.3 Å². The second kappa shape index (κ2) is 13.4. The largest absolute Gasteiger partial charge is 0.512 e. The summed E-state index contributed by atoms with van der Waals surface area (Å²) in [5.74, 6) is 0.195. The number of carbonyl (C=O) groups excluding carboxylic acids is 1. The Morgan fingerprint density at radius 2 is 1.49 bits per heavy atom.